The van der Waals surface area contributed by atoms with Crippen molar-refractivity contribution in [3.05, 3.63) is 59.7 Å². The second kappa shape index (κ2) is 5.60. The molecule has 0 saturated carbocycles. The minimum absolute atomic E-state index is 0.294. The summed E-state index contributed by atoms with van der Waals surface area (Å²) in [5, 5.41) is 0. The van der Waals surface area contributed by atoms with Crippen LogP contribution in [0.4, 0.5) is 4.39 Å². The fraction of sp³-hybridized carbons (Fsp3) is 0.176. The van der Waals surface area contributed by atoms with Gasteiger partial charge in [-0.15, -0.1) is 0 Å². The van der Waals surface area contributed by atoms with E-state index in [0.717, 1.165) is 16.8 Å². The number of hydrogen-bond donors (Lipinski definition) is 0. The van der Waals surface area contributed by atoms with E-state index in [1.54, 1.807) is 35.7 Å². The predicted molar refractivity (Wildman–Crippen MR) is 81.3 cm³/mol. The number of halogens is 1. The van der Waals surface area contributed by atoms with Gasteiger partial charge in [0.15, 0.2) is 5.65 Å². The number of carbonyl (C=O) groups is 1. The molecule has 2 aromatic heterocycles. The summed E-state index contributed by atoms with van der Waals surface area (Å²) in [6, 6.07) is 7.83. The Hall–Kier alpha value is -2.69. The highest BCUT2D eigenvalue weighted by atomic mass is 19.1. The van der Waals surface area contributed by atoms with E-state index in [0.29, 0.717) is 17.8 Å². The smallest absolute Gasteiger partial charge is 0.341 e. The highest BCUT2D eigenvalue weighted by molar-refractivity contribution is 5.96. The van der Waals surface area contributed by atoms with E-state index >= 15 is 0 Å². The van der Waals surface area contributed by atoms with Gasteiger partial charge in [-0.1, -0.05) is 0 Å². The first-order chi connectivity index (χ1) is 10.6. The number of hydrogen-bond acceptors (Lipinski definition) is 3. The quantitative estimate of drug-likeness (QED) is 0.694. The molecule has 1 aromatic carbocycles. The molecule has 3 aromatic rings. The van der Waals surface area contributed by atoms with Gasteiger partial charge in [-0.2, -0.15) is 0 Å². The highest BCUT2D eigenvalue weighted by Crippen LogP contribution is 2.24. The Morgan fingerprint density at radius 3 is 2.68 bits per heavy atom. The van der Waals surface area contributed by atoms with Crippen LogP contribution in [-0.4, -0.2) is 22.0 Å². The molecule has 0 fully saturated rings. The predicted octanol–water partition coefficient (Wildman–Crippen LogP) is 3.63. The van der Waals surface area contributed by atoms with Crippen molar-refractivity contribution >= 4 is 11.6 Å². The minimum Gasteiger partial charge on any atom is -0.462 e. The number of ether oxygens (including phenoxy) is 1. The van der Waals surface area contributed by atoms with E-state index in [1.807, 2.05) is 13.1 Å². The largest absolute Gasteiger partial charge is 0.462 e. The van der Waals surface area contributed by atoms with Crippen LogP contribution in [0, 0.1) is 12.7 Å². The zero-order chi connectivity index (χ0) is 15.7. The summed E-state index contributed by atoms with van der Waals surface area (Å²) in [7, 11) is 0. The molecule has 5 heteroatoms. The zero-order valence-corrected chi connectivity index (χ0v) is 12.3. The first kappa shape index (κ1) is 14.3. The summed E-state index contributed by atoms with van der Waals surface area (Å²) in [6.45, 7) is 4.00. The average molecular weight is 298 g/mol. The summed E-state index contributed by atoms with van der Waals surface area (Å²) in [6.07, 6.45) is 3.67. The van der Waals surface area contributed by atoms with E-state index in [-0.39, 0.29) is 5.82 Å². The molecule has 0 aliphatic rings. The number of fused-ring (bicyclic) bond motifs is 1. The normalized spacial score (nSPS) is 10.9. The molecule has 4 nitrogen and oxygen atoms in total. The Kier molecular flexibility index (Phi) is 3.63. The van der Waals surface area contributed by atoms with Gasteiger partial charge in [-0.3, -0.25) is 0 Å². The molecule has 0 amide bonds. The standard InChI is InChI=1S/C17H15FN2O2/c1-3-22-17(21)14-8-9-20-10-11(2)15(19-16(14)20)12-4-6-13(18)7-5-12/h4-10H,3H2,1-2H3. The van der Waals surface area contributed by atoms with Crippen LogP contribution in [0.1, 0.15) is 22.8 Å². The fourth-order valence-corrected chi connectivity index (χ4v) is 2.39. The lowest BCUT2D eigenvalue weighted by Gasteiger charge is -2.08. The molecular weight excluding hydrogens is 283 g/mol. The molecule has 0 aliphatic carbocycles. The van der Waals surface area contributed by atoms with Gasteiger partial charge in [-0.05, 0) is 49.7 Å². The van der Waals surface area contributed by atoms with Gasteiger partial charge in [-0.25, -0.2) is 14.2 Å². The molecule has 22 heavy (non-hydrogen) atoms. The molecule has 3 rings (SSSR count). The van der Waals surface area contributed by atoms with Gasteiger partial charge in [0.1, 0.15) is 11.4 Å². The SMILES string of the molecule is CCOC(=O)c1ccn2cc(C)c(-c3ccc(F)cc3)nc12. The molecule has 0 radical (unpaired) electrons. The summed E-state index contributed by atoms with van der Waals surface area (Å²) in [5.41, 5.74) is 3.41. The van der Waals surface area contributed by atoms with E-state index in [2.05, 4.69) is 4.98 Å². The summed E-state index contributed by atoms with van der Waals surface area (Å²) in [4.78, 5) is 16.5. The first-order valence-corrected chi connectivity index (χ1v) is 7.01. The van der Waals surface area contributed by atoms with Crippen molar-refractivity contribution in [3.8, 4) is 11.3 Å². The minimum atomic E-state index is -0.397. The summed E-state index contributed by atoms with van der Waals surface area (Å²) < 4.78 is 19.9. The molecule has 0 N–H and O–H groups in total. The maximum absolute atomic E-state index is 13.1. The van der Waals surface area contributed by atoms with Crippen LogP contribution < -0.4 is 0 Å². The number of benzene rings is 1. The fourth-order valence-electron chi connectivity index (χ4n) is 2.39. The molecule has 2 heterocycles. The van der Waals surface area contributed by atoms with Crippen molar-refractivity contribution in [2.45, 2.75) is 13.8 Å². The third kappa shape index (κ3) is 2.45. The second-order valence-corrected chi connectivity index (χ2v) is 4.96. The van der Waals surface area contributed by atoms with Crippen molar-refractivity contribution in [2.24, 2.45) is 0 Å². The van der Waals surface area contributed by atoms with Gasteiger partial charge in [0.2, 0.25) is 0 Å². The average Bonchev–Trinajstić information content (AvgIpc) is 2.90. The van der Waals surface area contributed by atoms with Crippen molar-refractivity contribution in [3.63, 3.8) is 0 Å². The number of rotatable bonds is 3. The third-order valence-electron chi connectivity index (χ3n) is 3.42. The Morgan fingerprint density at radius 2 is 2.00 bits per heavy atom. The van der Waals surface area contributed by atoms with Gasteiger partial charge in [0.25, 0.3) is 0 Å². The Labute approximate surface area is 127 Å². The molecule has 0 spiro atoms. The third-order valence-corrected chi connectivity index (χ3v) is 3.42. The molecule has 112 valence electrons. The Bertz CT molecular complexity index is 838. The van der Waals surface area contributed by atoms with Crippen LogP contribution in [-0.2, 0) is 4.74 Å². The van der Waals surface area contributed by atoms with Gasteiger partial charge in [0.05, 0.1) is 12.3 Å². The number of nitrogens with zero attached hydrogens (tertiary/aromatic N) is 2. The number of esters is 1. The second-order valence-electron chi connectivity index (χ2n) is 4.96. The number of aryl methyl sites for hydroxylation is 1. The van der Waals surface area contributed by atoms with Crippen LogP contribution in [0.2, 0.25) is 0 Å². The number of aromatic nitrogens is 2. The number of carbonyl (C=O) groups excluding carboxylic acids is 1. The molecule has 0 atom stereocenters. The lowest BCUT2D eigenvalue weighted by atomic mass is 10.1. The van der Waals surface area contributed by atoms with Crippen LogP contribution in [0.3, 0.4) is 0 Å². The summed E-state index contributed by atoms with van der Waals surface area (Å²) in [5.74, 6) is -0.691. The highest BCUT2D eigenvalue weighted by Gasteiger charge is 2.16. The molecule has 0 aliphatic heterocycles. The lowest BCUT2D eigenvalue weighted by molar-refractivity contribution is 0.0528. The van der Waals surface area contributed by atoms with Crippen LogP contribution >= 0.6 is 0 Å². The van der Waals surface area contributed by atoms with Crippen molar-refractivity contribution in [1.29, 1.82) is 0 Å². The maximum atomic E-state index is 13.1. The molecule has 0 bridgehead atoms. The van der Waals surface area contributed by atoms with Crippen LogP contribution in [0.25, 0.3) is 16.9 Å². The monoisotopic (exact) mass is 298 g/mol. The van der Waals surface area contributed by atoms with Crippen LogP contribution in [0.5, 0.6) is 0 Å². The van der Waals surface area contributed by atoms with Crippen LogP contribution in [0.15, 0.2) is 42.7 Å². The maximum Gasteiger partial charge on any atom is 0.341 e. The van der Waals surface area contributed by atoms with Gasteiger partial charge < -0.3 is 9.14 Å². The molecular formula is C17H15FN2O2. The van der Waals surface area contributed by atoms with E-state index in [9.17, 15) is 9.18 Å². The summed E-state index contributed by atoms with van der Waals surface area (Å²) >= 11 is 0. The van der Waals surface area contributed by atoms with Gasteiger partial charge in [0, 0.05) is 18.0 Å². The zero-order valence-electron chi connectivity index (χ0n) is 12.3. The van der Waals surface area contributed by atoms with E-state index in [1.165, 1.54) is 12.1 Å². The first-order valence-electron chi connectivity index (χ1n) is 7.01. The lowest BCUT2D eigenvalue weighted by Crippen LogP contribution is -2.05. The Balaban J connectivity index is 2.15. The van der Waals surface area contributed by atoms with Gasteiger partial charge >= 0.3 is 5.97 Å². The Morgan fingerprint density at radius 1 is 1.27 bits per heavy atom. The van der Waals surface area contributed by atoms with Crippen molar-refractivity contribution in [1.82, 2.24) is 9.38 Å². The van der Waals surface area contributed by atoms with E-state index < -0.39 is 5.97 Å². The molecule has 0 saturated heterocycles. The topological polar surface area (TPSA) is 43.6 Å². The molecule has 0 unspecified atom stereocenters. The van der Waals surface area contributed by atoms with Crippen molar-refractivity contribution < 1.29 is 13.9 Å². The van der Waals surface area contributed by atoms with Crippen molar-refractivity contribution in [2.75, 3.05) is 6.61 Å². The van der Waals surface area contributed by atoms with E-state index in [4.69, 9.17) is 4.74 Å².